The molecule has 0 spiro atoms. The van der Waals surface area contributed by atoms with Gasteiger partial charge in [-0.05, 0) is 12.1 Å². The SMILES string of the molecule is O=C(O)c1cnc(COc2ccccc2C(F)(F)F)cn1. The van der Waals surface area contributed by atoms with Crippen LogP contribution < -0.4 is 4.74 Å². The zero-order valence-corrected chi connectivity index (χ0v) is 10.5. The van der Waals surface area contributed by atoms with Gasteiger partial charge in [0.1, 0.15) is 12.4 Å². The molecular weight excluding hydrogens is 289 g/mol. The van der Waals surface area contributed by atoms with E-state index in [2.05, 4.69) is 9.97 Å². The normalized spacial score (nSPS) is 11.2. The van der Waals surface area contributed by atoms with Crippen LogP contribution in [0.15, 0.2) is 36.7 Å². The van der Waals surface area contributed by atoms with E-state index in [4.69, 9.17) is 9.84 Å². The highest BCUT2D eigenvalue weighted by Crippen LogP contribution is 2.36. The Labute approximate surface area is 117 Å². The number of para-hydroxylation sites is 1. The first-order chi connectivity index (χ1) is 9.88. The second-order valence-electron chi connectivity index (χ2n) is 3.98. The summed E-state index contributed by atoms with van der Waals surface area (Å²) in [6.07, 6.45) is -2.37. The maximum absolute atomic E-state index is 12.7. The van der Waals surface area contributed by atoms with Gasteiger partial charge in [0.2, 0.25) is 0 Å². The zero-order valence-electron chi connectivity index (χ0n) is 10.5. The molecule has 0 saturated heterocycles. The average molecular weight is 298 g/mol. The number of carboxylic acid groups (broad SMARTS) is 1. The van der Waals surface area contributed by atoms with E-state index in [0.717, 1.165) is 18.5 Å². The molecule has 0 saturated carbocycles. The Hall–Kier alpha value is -2.64. The first kappa shape index (κ1) is 14.8. The molecule has 0 aliphatic rings. The molecule has 0 radical (unpaired) electrons. The summed E-state index contributed by atoms with van der Waals surface area (Å²) in [5, 5.41) is 8.65. The minimum absolute atomic E-state index is 0.219. The van der Waals surface area contributed by atoms with Crippen molar-refractivity contribution >= 4 is 5.97 Å². The van der Waals surface area contributed by atoms with Crippen LogP contribution in [0.1, 0.15) is 21.7 Å². The maximum atomic E-state index is 12.7. The molecular formula is C13H9F3N2O3. The summed E-state index contributed by atoms with van der Waals surface area (Å²) in [7, 11) is 0. The first-order valence-corrected chi connectivity index (χ1v) is 5.71. The van der Waals surface area contributed by atoms with E-state index in [0.29, 0.717) is 0 Å². The van der Waals surface area contributed by atoms with Gasteiger partial charge in [-0.1, -0.05) is 12.1 Å². The Morgan fingerprint density at radius 2 is 1.90 bits per heavy atom. The van der Waals surface area contributed by atoms with Gasteiger partial charge in [0.25, 0.3) is 0 Å². The number of carbonyl (C=O) groups is 1. The molecule has 0 amide bonds. The van der Waals surface area contributed by atoms with Crippen LogP contribution in [0, 0.1) is 0 Å². The van der Waals surface area contributed by atoms with E-state index >= 15 is 0 Å². The molecule has 0 aliphatic heterocycles. The number of benzene rings is 1. The van der Waals surface area contributed by atoms with Crippen molar-refractivity contribution in [2.45, 2.75) is 12.8 Å². The monoisotopic (exact) mass is 298 g/mol. The number of alkyl halides is 3. The van der Waals surface area contributed by atoms with E-state index in [9.17, 15) is 18.0 Å². The van der Waals surface area contributed by atoms with Crippen molar-refractivity contribution in [1.82, 2.24) is 9.97 Å². The van der Waals surface area contributed by atoms with Gasteiger partial charge in [-0.3, -0.25) is 4.98 Å². The van der Waals surface area contributed by atoms with Gasteiger partial charge in [0, 0.05) is 0 Å². The summed E-state index contributed by atoms with van der Waals surface area (Å²) in [5.74, 6) is -1.56. The fourth-order valence-corrected chi connectivity index (χ4v) is 1.52. The largest absolute Gasteiger partial charge is 0.487 e. The van der Waals surface area contributed by atoms with Crippen molar-refractivity contribution in [2.24, 2.45) is 0 Å². The van der Waals surface area contributed by atoms with Crippen LogP contribution in [0.3, 0.4) is 0 Å². The Morgan fingerprint density at radius 1 is 1.19 bits per heavy atom. The summed E-state index contributed by atoms with van der Waals surface area (Å²) in [6, 6.07) is 4.79. The van der Waals surface area contributed by atoms with Gasteiger partial charge < -0.3 is 9.84 Å². The molecule has 8 heteroatoms. The quantitative estimate of drug-likeness (QED) is 0.939. The third-order valence-electron chi connectivity index (χ3n) is 2.49. The number of hydrogen-bond donors (Lipinski definition) is 1. The van der Waals surface area contributed by atoms with Gasteiger partial charge in [-0.25, -0.2) is 9.78 Å². The molecule has 2 aromatic rings. The van der Waals surface area contributed by atoms with Crippen molar-refractivity contribution in [3.05, 3.63) is 53.6 Å². The predicted molar refractivity (Wildman–Crippen MR) is 64.8 cm³/mol. The lowest BCUT2D eigenvalue weighted by molar-refractivity contribution is -0.139. The molecule has 0 aliphatic carbocycles. The minimum Gasteiger partial charge on any atom is -0.487 e. The van der Waals surface area contributed by atoms with Gasteiger partial charge in [-0.15, -0.1) is 0 Å². The second-order valence-corrected chi connectivity index (χ2v) is 3.98. The third kappa shape index (κ3) is 3.68. The molecule has 1 aromatic carbocycles. The van der Waals surface area contributed by atoms with Gasteiger partial charge in [0.15, 0.2) is 5.69 Å². The van der Waals surface area contributed by atoms with Gasteiger partial charge in [0.05, 0.1) is 23.7 Å². The number of nitrogens with zero attached hydrogens (tertiary/aromatic N) is 2. The smallest absolute Gasteiger partial charge is 0.419 e. The number of hydrogen-bond acceptors (Lipinski definition) is 4. The molecule has 2 rings (SSSR count). The topological polar surface area (TPSA) is 72.3 Å². The van der Waals surface area contributed by atoms with E-state index in [1.165, 1.54) is 18.2 Å². The summed E-state index contributed by atoms with van der Waals surface area (Å²) in [6.45, 7) is -0.250. The Morgan fingerprint density at radius 3 is 2.48 bits per heavy atom. The van der Waals surface area contributed by atoms with E-state index in [-0.39, 0.29) is 23.7 Å². The molecule has 0 unspecified atom stereocenters. The molecule has 1 heterocycles. The van der Waals surface area contributed by atoms with E-state index in [1.807, 2.05) is 0 Å². The summed E-state index contributed by atoms with van der Waals surface area (Å²) < 4.78 is 43.3. The van der Waals surface area contributed by atoms with Crippen molar-refractivity contribution in [2.75, 3.05) is 0 Å². The van der Waals surface area contributed by atoms with Gasteiger partial charge >= 0.3 is 12.1 Å². The molecule has 1 aromatic heterocycles. The standard InChI is InChI=1S/C13H9F3N2O3/c14-13(15,16)9-3-1-2-4-11(9)21-7-8-5-18-10(6-17-8)12(19)20/h1-6H,7H2,(H,19,20). The van der Waals surface area contributed by atoms with E-state index < -0.39 is 17.7 Å². The van der Waals surface area contributed by atoms with Crippen LogP contribution in [0.5, 0.6) is 5.75 Å². The molecule has 5 nitrogen and oxygen atoms in total. The van der Waals surface area contributed by atoms with Crippen LogP contribution in [-0.4, -0.2) is 21.0 Å². The van der Waals surface area contributed by atoms with Crippen molar-refractivity contribution in [3.8, 4) is 5.75 Å². The van der Waals surface area contributed by atoms with Crippen LogP contribution >= 0.6 is 0 Å². The lowest BCUT2D eigenvalue weighted by atomic mass is 10.2. The highest BCUT2D eigenvalue weighted by molar-refractivity contribution is 5.84. The fourth-order valence-electron chi connectivity index (χ4n) is 1.52. The summed E-state index contributed by atoms with van der Waals surface area (Å²) in [4.78, 5) is 17.9. The lowest BCUT2D eigenvalue weighted by Gasteiger charge is -2.13. The van der Waals surface area contributed by atoms with Crippen molar-refractivity contribution < 1.29 is 27.8 Å². The number of halogens is 3. The minimum atomic E-state index is -4.52. The molecule has 0 bridgehead atoms. The maximum Gasteiger partial charge on any atom is 0.419 e. The van der Waals surface area contributed by atoms with Crippen LogP contribution in [0.25, 0.3) is 0 Å². The molecule has 110 valence electrons. The number of ether oxygens (including phenoxy) is 1. The predicted octanol–water partition coefficient (Wildman–Crippen LogP) is 2.77. The van der Waals surface area contributed by atoms with Crippen LogP contribution in [-0.2, 0) is 12.8 Å². The molecule has 1 N–H and O–H groups in total. The number of aromatic nitrogens is 2. The zero-order chi connectivity index (χ0) is 15.5. The fraction of sp³-hybridized carbons (Fsp3) is 0.154. The van der Waals surface area contributed by atoms with Crippen molar-refractivity contribution in [1.29, 1.82) is 0 Å². The van der Waals surface area contributed by atoms with Crippen LogP contribution in [0.2, 0.25) is 0 Å². The number of aromatic carboxylic acids is 1. The third-order valence-corrected chi connectivity index (χ3v) is 2.49. The Balaban J connectivity index is 2.12. The van der Waals surface area contributed by atoms with Crippen LogP contribution in [0.4, 0.5) is 13.2 Å². The van der Waals surface area contributed by atoms with Crippen molar-refractivity contribution in [3.63, 3.8) is 0 Å². The number of rotatable bonds is 4. The average Bonchev–Trinajstić information content (AvgIpc) is 2.45. The summed E-state index contributed by atoms with van der Waals surface area (Å²) >= 11 is 0. The molecule has 0 fully saturated rings. The highest BCUT2D eigenvalue weighted by Gasteiger charge is 2.34. The molecule has 21 heavy (non-hydrogen) atoms. The number of carboxylic acids is 1. The second kappa shape index (κ2) is 5.78. The molecule has 0 atom stereocenters. The lowest BCUT2D eigenvalue weighted by Crippen LogP contribution is -2.09. The van der Waals surface area contributed by atoms with E-state index in [1.54, 1.807) is 0 Å². The van der Waals surface area contributed by atoms with Gasteiger partial charge in [-0.2, -0.15) is 13.2 Å². The summed E-state index contributed by atoms with van der Waals surface area (Å²) in [5.41, 5.74) is -0.925. The Bertz CT molecular complexity index is 642. The Kier molecular flexibility index (Phi) is 4.06. The first-order valence-electron chi connectivity index (χ1n) is 5.71. The highest BCUT2D eigenvalue weighted by atomic mass is 19.4.